The molecular formula is C13H17ClN2O. The lowest BCUT2D eigenvalue weighted by Gasteiger charge is -2.25. The van der Waals surface area contributed by atoms with Crippen LogP contribution in [0.1, 0.15) is 17.5 Å². The predicted octanol–water partition coefficient (Wildman–Crippen LogP) is 2.08. The molecule has 1 aliphatic rings. The molecule has 1 aromatic rings. The second-order valence-electron chi connectivity index (χ2n) is 4.30. The maximum absolute atomic E-state index is 11.5. The first-order chi connectivity index (χ1) is 8.29. The van der Waals surface area contributed by atoms with Crippen LogP contribution in [0.4, 0.5) is 4.79 Å². The summed E-state index contributed by atoms with van der Waals surface area (Å²) >= 11 is 5.51. The van der Waals surface area contributed by atoms with Crippen molar-refractivity contribution in [2.75, 3.05) is 12.4 Å². The SMILES string of the molecule is O=C(NCCCl)N[C@H]1CCc2ccccc2C1. The van der Waals surface area contributed by atoms with Crippen molar-refractivity contribution in [3.8, 4) is 0 Å². The Morgan fingerprint density at radius 3 is 2.88 bits per heavy atom. The average molecular weight is 253 g/mol. The summed E-state index contributed by atoms with van der Waals surface area (Å²) in [5, 5.41) is 5.71. The molecule has 0 aromatic heterocycles. The first kappa shape index (κ1) is 12.2. The third-order valence-corrected chi connectivity index (χ3v) is 3.25. The summed E-state index contributed by atoms with van der Waals surface area (Å²) in [5.41, 5.74) is 2.76. The van der Waals surface area contributed by atoms with E-state index in [4.69, 9.17) is 11.6 Å². The van der Waals surface area contributed by atoms with Crippen molar-refractivity contribution in [3.05, 3.63) is 35.4 Å². The Balaban J connectivity index is 1.88. The minimum absolute atomic E-state index is 0.116. The second kappa shape index (κ2) is 5.92. The molecular weight excluding hydrogens is 236 g/mol. The van der Waals surface area contributed by atoms with E-state index in [-0.39, 0.29) is 12.1 Å². The number of carbonyl (C=O) groups excluding carboxylic acids is 1. The lowest BCUT2D eigenvalue weighted by Crippen LogP contribution is -2.45. The van der Waals surface area contributed by atoms with Gasteiger partial charge in [0.2, 0.25) is 0 Å². The number of nitrogens with one attached hydrogen (secondary N) is 2. The topological polar surface area (TPSA) is 41.1 Å². The summed E-state index contributed by atoms with van der Waals surface area (Å²) in [7, 11) is 0. The van der Waals surface area contributed by atoms with Gasteiger partial charge >= 0.3 is 6.03 Å². The van der Waals surface area contributed by atoms with E-state index >= 15 is 0 Å². The zero-order valence-electron chi connectivity index (χ0n) is 9.71. The van der Waals surface area contributed by atoms with Crippen molar-refractivity contribution >= 4 is 17.6 Å². The zero-order valence-corrected chi connectivity index (χ0v) is 10.5. The van der Waals surface area contributed by atoms with Crippen LogP contribution in [0.25, 0.3) is 0 Å². The molecule has 0 saturated heterocycles. The molecule has 0 radical (unpaired) electrons. The molecule has 0 unspecified atom stereocenters. The summed E-state index contributed by atoms with van der Waals surface area (Å²) in [5.74, 6) is 0.445. The molecule has 0 fully saturated rings. The number of carbonyl (C=O) groups is 1. The van der Waals surface area contributed by atoms with E-state index in [1.807, 2.05) is 0 Å². The number of aryl methyl sites for hydroxylation is 1. The van der Waals surface area contributed by atoms with E-state index in [9.17, 15) is 4.79 Å². The quantitative estimate of drug-likeness (QED) is 0.795. The maximum atomic E-state index is 11.5. The van der Waals surface area contributed by atoms with Gasteiger partial charge in [-0.15, -0.1) is 11.6 Å². The van der Waals surface area contributed by atoms with E-state index in [0.717, 1.165) is 19.3 Å². The Morgan fingerprint density at radius 1 is 1.35 bits per heavy atom. The van der Waals surface area contributed by atoms with E-state index in [0.29, 0.717) is 12.4 Å². The van der Waals surface area contributed by atoms with Crippen LogP contribution < -0.4 is 10.6 Å². The van der Waals surface area contributed by atoms with Gasteiger partial charge in [0.25, 0.3) is 0 Å². The summed E-state index contributed by atoms with van der Waals surface area (Å²) in [4.78, 5) is 11.5. The third-order valence-electron chi connectivity index (χ3n) is 3.06. The van der Waals surface area contributed by atoms with E-state index < -0.39 is 0 Å². The molecule has 1 aliphatic carbocycles. The molecule has 0 spiro atoms. The van der Waals surface area contributed by atoms with Crippen LogP contribution in [-0.2, 0) is 12.8 Å². The van der Waals surface area contributed by atoms with Crippen LogP contribution in [0.2, 0.25) is 0 Å². The maximum Gasteiger partial charge on any atom is 0.315 e. The number of benzene rings is 1. The summed E-state index contributed by atoms with van der Waals surface area (Å²) in [6.45, 7) is 0.511. The molecule has 0 bridgehead atoms. The molecule has 4 heteroatoms. The normalized spacial score (nSPS) is 18.3. The molecule has 17 heavy (non-hydrogen) atoms. The first-order valence-corrected chi connectivity index (χ1v) is 6.50. The summed E-state index contributed by atoms with van der Waals surface area (Å²) in [6, 6.07) is 8.54. The van der Waals surface area contributed by atoms with Crippen LogP contribution in [0, 0.1) is 0 Å². The van der Waals surface area contributed by atoms with E-state index in [1.54, 1.807) is 0 Å². The van der Waals surface area contributed by atoms with Crippen molar-refractivity contribution < 1.29 is 4.79 Å². The molecule has 2 N–H and O–H groups in total. The predicted molar refractivity (Wildman–Crippen MR) is 69.5 cm³/mol. The lowest BCUT2D eigenvalue weighted by molar-refractivity contribution is 0.236. The Kier molecular flexibility index (Phi) is 4.26. The van der Waals surface area contributed by atoms with Gasteiger partial charge in [0.1, 0.15) is 0 Å². The minimum Gasteiger partial charge on any atom is -0.337 e. The van der Waals surface area contributed by atoms with Gasteiger partial charge in [0.15, 0.2) is 0 Å². The molecule has 2 amide bonds. The van der Waals surface area contributed by atoms with E-state index in [1.165, 1.54) is 11.1 Å². The number of alkyl halides is 1. The summed E-state index contributed by atoms with van der Waals surface area (Å²) < 4.78 is 0. The van der Waals surface area contributed by atoms with Crippen LogP contribution in [0.3, 0.4) is 0 Å². The fraction of sp³-hybridized carbons (Fsp3) is 0.462. The monoisotopic (exact) mass is 252 g/mol. The van der Waals surface area contributed by atoms with Gasteiger partial charge < -0.3 is 10.6 Å². The van der Waals surface area contributed by atoms with E-state index in [2.05, 4.69) is 34.9 Å². The van der Waals surface area contributed by atoms with Gasteiger partial charge in [-0.3, -0.25) is 0 Å². The number of fused-ring (bicyclic) bond motifs is 1. The first-order valence-electron chi connectivity index (χ1n) is 5.96. The Hall–Kier alpha value is -1.22. The Labute approximate surface area is 107 Å². The number of rotatable bonds is 3. The minimum atomic E-state index is -0.116. The lowest BCUT2D eigenvalue weighted by atomic mass is 9.88. The number of hydrogen-bond acceptors (Lipinski definition) is 1. The number of amides is 2. The number of halogens is 1. The standard InChI is InChI=1S/C13H17ClN2O/c14-7-8-15-13(17)16-12-6-5-10-3-1-2-4-11(10)9-12/h1-4,12H,5-9H2,(H2,15,16,17)/t12-/m0/s1. The molecule has 0 heterocycles. The van der Waals surface area contributed by atoms with Gasteiger partial charge in [0, 0.05) is 18.5 Å². The molecule has 1 aromatic carbocycles. The highest BCUT2D eigenvalue weighted by Gasteiger charge is 2.19. The fourth-order valence-corrected chi connectivity index (χ4v) is 2.31. The van der Waals surface area contributed by atoms with Gasteiger partial charge in [-0.2, -0.15) is 0 Å². The molecule has 3 nitrogen and oxygen atoms in total. The van der Waals surface area contributed by atoms with Crippen LogP contribution in [0.15, 0.2) is 24.3 Å². The van der Waals surface area contributed by atoms with Gasteiger partial charge in [-0.05, 0) is 30.4 Å². The fourth-order valence-electron chi connectivity index (χ4n) is 2.22. The van der Waals surface area contributed by atoms with Crippen LogP contribution in [-0.4, -0.2) is 24.5 Å². The molecule has 2 rings (SSSR count). The Morgan fingerprint density at radius 2 is 2.12 bits per heavy atom. The number of urea groups is 1. The molecule has 0 saturated carbocycles. The van der Waals surface area contributed by atoms with Crippen molar-refractivity contribution in [2.24, 2.45) is 0 Å². The van der Waals surface area contributed by atoms with Crippen molar-refractivity contribution in [2.45, 2.75) is 25.3 Å². The molecule has 92 valence electrons. The van der Waals surface area contributed by atoms with Crippen LogP contribution >= 0.6 is 11.6 Å². The number of hydrogen-bond donors (Lipinski definition) is 2. The smallest absolute Gasteiger partial charge is 0.315 e. The van der Waals surface area contributed by atoms with Crippen molar-refractivity contribution in [1.82, 2.24) is 10.6 Å². The van der Waals surface area contributed by atoms with Crippen molar-refractivity contribution in [1.29, 1.82) is 0 Å². The van der Waals surface area contributed by atoms with Gasteiger partial charge in [-0.1, -0.05) is 24.3 Å². The largest absolute Gasteiger partial charge is 0.337 e. The second-order valence-corrected chi connectivity index (χ2v) is 4.68. The highest BCUT2D eigenvalue weighted by atomic mass is 35.5. The molecule has 1 atom stereocenters. The van der Waals surface area contributed by atoms with Gasteiger partial charge in [-0.25, -0.2) is 4.79 Å². The highest BCUT2D eigenvalue weighted by molar-refractivity contribution is 6.18. The van der Waals surface area contributed by atoms with Crippen molar-refractivity contribution in [3.63, 3.8) is 0 Å². The summed E-state index contributed by atoms with van der Waals surface area (Å²) in [6.07, 6.45) is 2.96. The average Bonchev–Trinajstić information content (AvgIpc) is 2.36. The highest BCUT2D eigenvalue weighted by Crippen LogP contribution is 2.20. The zero-order chi connectivity index (χ0) is 12.1. The molecule has 0 aliphatic heterocycles. The third kappa shape index (κ3) is 3.37. The van der Waals surface area contributed by atoms with Gasteiger partial charge in [0.05, 0.1) is 0 Å². The van der Waals surface area contributed by atoms with Crippen LogP contribution in [0.5, 0.6) is 0 Å². The Bertz CT molecular complexity index is 395.